The van der Waals surface area contributed by atoms with Crippen molar-refractivity contribution in [3.63, 3.8) is 0 Å². The summed E-state index contributed by atoms with van der Waals surface area (Å²) in [5.74, 6) is 1.04. The maximum Gasteiger partial charge on any atom is 0.222 e. The molecule has 0 aliphatic carbocycles. The molecule has 1 atom stereocenters. The molecule has 1 unspecified atom stereocenters. The van der Waals surface area contributed by atoms with Crippen LogP contribution in [0.1, 0.15) is 38.7 Å². The standard InChI is InChI=1S/C20H31N3O/c1-20(2)16-22(19(24)9-8-17-10-11-21-14-17)12-13-23(20)15-18-6-4-3-5-7-18/h3-7,17,21H,8-16H2,1-2H3. The Hall–Kier alpha value is -1.39. The van der Waals surface area contributed by atoms with Gasteiger partial charge in [-0.25, -0.2) is 0 Å². The van der Waals surface area contributed by atoms with Gasteiger partial charge in [0.1, 0.15) is 0 Å². The van der Waals surface area contributed by atoms with Gasteiger partial charge >= 0.3 is 0 Å². The first-order valence-corrected chi connectivity index (χ1v) is 9.32. The van der Waals surface area contributed by atoms with E-state index in [1.807, 2.05) is 0 Å². The molecule has 0 bridgehead atoms. The second-order valence-corrected chi connectivity index (χ2v) is 7.93. The molecule has 132 valence electrons. The highest BCUT2D eigenvalue weighted by molar-refractivity contribution is 5.76. The van der Waals surface area contributed by atoms with E-state index in [9.17, 15) is 4.79 Å². The Labute approximate surface area is 146 Å². The fraction of sp³-hybridized carbons (Fsp3) is 0.650. The fourth-order valence-electron chi connectivity index (χ4n) is 3.95. The Morgan fingerprint density at radius 1 is 1.25 bits per heavy atom. The number of nitrogens with zero attached hydrogens (tertiary/aromatic N) is 2. The second kappa shape index (κ2) is 7.66. The van der Waals surface area contributed by atoms with Crippen LogP contribution in [0.2, 0.25) is 0 Å². The van der Waals surface area contributed by atoms with Gasteiger partial charge in [0.05, 0.1) is 0 Å². The predicted octanol–water partition coefficient (Wildman–Crippen LogP) is 2.50. The average molecular weight is 329 g/mol. The number of amides is 1. The van der Waals surface area contributed by atoms with E-state index in [0.717, 1.165) is 45.7 Å². The van der Waals surface area contributed by atoms with Crippen molar-refractivity contribution in [3.05, 3.63) is 35.9 Å². The van der Waals surface area contributed by atoms with Gasteiger partial charge in [-0.05, 0) is 51.3 Å². The SMILES string of the molecule is CC1(C)CN(C(=O)CCC2CCNC2)CCN1Cc1ccccc1. The van der Waals surface area contributed by atoms with E-state index in [4.69, 9.17) is 0 Å². The van der Waals surface area contributed by atoms with E-state index < -0.39 is 0 Å². The van der Waals surface area contributed by atoms with Crippen LogP contribution in [0.5, 0.6) is 0 Å². The molecule has 2 saturated heterocycles. The van der Waals surface area contributed by atoms with Crippen molar-refractivity contribution in [2.45, 2.75) is 45.2 Å². The monoisotopic (exact) mass is 329 g/mol. The summed E-state index contributed by atoms with van der Waals surface area (Å²) in [4.78, 5) is 17.2. The van der Waals surface area contributed by atoms with Gasteiger partial charge in [-0.15, -0.1) is 0 Å². The number of carbonyl (C=O) groups is 1. The van der Waals surface area contributed by atoms with E-state index in [2.05, 4.69) is 59.3 Å². The van der Waals surface area contributed by atoms with Gasteiger partial charge in [-0.2, -0.15) is 0 Å². The summed E-state index contributed by atoms with van der Waals surface area (Å²) in [6.07, 6.45) is 2.97. The van der Waals surface area contributed by atoms with E-state index in [1.165, 1.54) is 12.0 Å². The van der Waals surface area contributed by atoms with Crippen LogP contribution in [0, 0.1) is 5.92 Å². The molecule has 24 heavy (non-hydrogen) atoms. The number of hydrogen-bond donors (Lipinski definition) is 1. The predicted molar refractivity (Wildman–Crippen MR) is 97.7 cm³/mol. The van der Waals surface area contributed by atoms with E-state index >= 15 is 0 Å². The van der Waals surface area contributed by atoms with Crippen LogP contribution in [0.3, 0.4) is 0 Å². The summed E-state index contributed by atoms with van der Waals surface area (Å²) in [6, 6.07) is 10.6. The van der Waals surface area contributed by atoms with Gasteiger partial charge in [0.2, 0.25) is 5.91 Å². The van der Waals surface area contributed by atoms with Gasteiger partial charge < -0.3 is 10.2 Å². The highest BCUT2D eigenvalue weighted by Crippen LogP contribution is 2.24. The first kappa shape index (κ1) is 17.4. The third-order valence-electron chi connectivity index (χ3n) is 5.57. The van der Waals surface area contributed by atoms with Crippen molar-refractivity contribution in [2.75, 3.05) is 32.7 Å². The summed E-state index contributed by atoms with van der Waals surface area (Å²) in [5, 5.41) is 3.39. The number of rotatable bonds is 5. The zero-order valence-electron chi connectivity index (χ0n) is 15.1. The molecule has 1 amide bonds. The lowest BCUT2D eigenvalue weighted by molar-refractivity contribution is -0.136. The number of hydrogen-bond acceptors (Lipinski definition) is 3. The molecule has 0 saturated carbocycles. The van der Waals surface area contributed by atoms with Gasteiger partial charge in [0.15, 0.2) is 0 Å². The summed E-state index contributed by atoms with van der Waals surface area (Å²) in [5.41, 5.74) is 1.37. The van der Waals surface area contributed by atoms with Crippen molar-refractivity contribution in [1.82, 2.24) is 15.1 Å². The van der Waals surface area contributed by atoms with Gasteiger partial charge in [0.25, 0.3) is 0 Å². The Kier molecular flexibility index (Phi) is 5.57. The average Bonchev–Trinajstić information content (AvgIpc) is 3.08. The Morgan fingerprint density at radius 3 is 2.71 bits per heavy atom. The lowest BCUT2D eigenvalue weighted by Crippen LogP contribution is -2.59. The van der Waals surface area contributed by atoms with Gasteiger partial charge in [-0.1, -0.05) is 30.3 Å². The van der Waals surface area contributed by atoms with Crippen LogP contribution in [0.15, 0.2) is 30.3 Å². The first-order valence-electron chi connectivity index (χ1n) is 9.32. The lowest BCUT2D eigenvalue weighted by atomic mass is 9.96. The van der Waals surface area contributed by atoms with E-state index in [1.54, 1.807) is 0 Å². The largest absolute Gasteiger partial charge is 0.340 e. The Bertz CT molecular complexity index is 537. The van der Waals surface area contributed by atoms with Crippen LogP contribution >= 0.6 is 0 Å². The summed E-state index contributed by atoms with van der Waals surface area (Å²) < 4.78 is 0. The summed E-state index contributed by atoms with van der Waals surface area (Å²) in [6.45, 7) is 10.3. The molecule has 0 radical (unpaired) electrons. The second-order valence-electron chi connectivity index (χ2n) is 7.93. The number of carbonyl (C=O) groups excluding carboxylic acids is 1. The molecule has 2 aliphatic rings. The fourth-order valence-corrected chi connectivity index (χ4v) is 3.95. The highest BCUT2D eigenvalue weighted by atomic mass is 16.2. The first-order chi connectivity index (χ1) is 11.5. The molecule has 2 aliphatic heterocycles. The van der Waals surface area contributed by atoms with E-state index in [-0.39, 0.29) is 5.54 Å². The minimum absolute atomic E-state index is 0.0265. The van der Waals surface area contributed by atoms with Crippen LogP contribution < -0.4 is 5.32 Å². The molecule has 0 aromatic heterocycles. The number of piperazine rings is 1. The van der Waals surface area contributed by atoms with Crippen molar-refractivity contribution < 1.29 is 4.79 Å². The highest BCUT2D eigenvalue weighted by Gasteiger charge is 2.35. The van der Waals surface area contributed by atoms with Crippen molar-refractivity contribution in [2.24, 2.45) is 5.92 Å². The zero-order chi connectivity index (χ0) is 17.0. The topological polar surface area (TPSA) is 35.6 Å². The molecule has 2 fully saturated rings. The minimum atomic E-state index is 0.0265. The molecule has 1 N–H and O–H groups in total. The quantitative estimate of drug-likeness (QED) is 0.901. The van der Waals surface area contributed by atoms with Crippen LogP contribution in [-0.2, 0) is 11.3 Å². The molecule has 2 heterocycles. The molecule has 4 nitrogen and oxygen atoms in total. The van der Waals surface area contributed by atoms with Crippen LogP contribution in [0.4, 0.5) is 0 Å². The van der Waals surface area contributed by atoms with Gasteiger partial charge in [0, 0.05) is 38.1 Å². The van der Waals surface area contributed by atoms with Crippen molar-refractivity contribution in [3.8, 4) is 0 Å². The third-order valence-corrected chi connectivity index (χ3v) is 5.57. The maximum absolute atomic E-state index is 12.6. The lowest BCUT2D eigenvalue weighted by Gasteiger charge is -2.47. The summed E-state index contributed by atoms with van der Waals surface area (Å²) >= 11 is 0. The minimum Gasteiger partial charge on any atom is -0.340 e. The van der Waals surface area contributed by atoms with Crippen molar-refractivity contribution in [1.29, 1.82) is 0 Å². The number of benzene rings is 1. The summed E-state index contributed by atoms with van der Waals surface area (Å²) in [7, 11) is 0. The zero-order valence-corrected chi connectivity index (χ0v) is 15.1. The normalized spacial score (nSPS) is 24.2. The smallest absolute Gasteiger partial charge is 0.222 e. The third kappa shape index (κ3) is 4.37. The molecule has 1 aromatic carbocycles. The Balaban J connectivity index is 1.51. The van der Waals surface area contributed by atoms with Gasteiger partial charge in [-0.3, -0.25) is 9.69 Å². The Morgan fingerprint density at radius 2 is 2.04 bits per heavy atom. The molecular weight excluding hydrogens is 298 g/mol. The number of nitrogens with one attached hydrogen (secondary N) is 1. The van der Waals surface area contributed by atoms with Crippen molar-refractivity contribution >= 4 is 5.91 Å². The molecule has 3 rings (SSSR count). The van der Waals surface area contributed by atoms with Crippen LogP contribution in [-0.4, -0.2) is 54.0 Å². The van der Waals surface area contributed by atoms with E-state index in [0.29, 0.717) is 18.2 Å². The molecular formula is C20H31N3O. The maximum atomic E-state index is 12.6. The molecule has 0 spiro atoms. The molecule has 1 aromatic rings. The van der Waals surface area contributed by atoms with Crippen LogP contribution in [0.25, 0.3) is 0 Å². The molecule has 4 heteroatoms.